The summed E-state index contributed by atoms with van der Waals surface area (Å²) in [5.74, 6) is -0.944. The lowest BCUT2D eigenvalue weighted by atomic mass is 9.94. The Kier molecular flexibility index (Phi) is 5.68. The molecule has 0 aliphatic rings. The van der Waals surface area contributed by atoms with E-state index in [1.807, 2.05) is 13.8 Å². The highest BCUT2D eigenvalue weighted by Gasteiger charge is 2.22. The first-order valence-corrected chi connectivity index (χ1v) is 4.49. The van der Waals surface area contributed by atoms with Crippen molar-refractivity contribution in [3.05, 3.63) is 0 Å². The highest BCUT2D eigenvalue weighted by Crippen LogP contribution is 2.11. The third-order valence-corrected chi connectivity index (χ3v) is 1.89. The third-order valence-electron chi connectivity index (χ3n) is 1.89. The number of carbonyl (C=O) groups is 1. The molecule has 0 spiro atoms. The molecule has 5 heteroatoms. The minimum atomic E-state index is -0.944. The standard InChI is InChI=1S/C9H19NO4/c1-9(2,6-11)5-10-7(4-14-3)8(12)13/h7,10-11H,4-6H2,1-3H3,(H,12,13). The van der Waals surface area contributed by atoms with E-state index < -0.39 is 12.0 Å². The first kappa shape index (κ1) is 13.4. The zero-order valence-electron chi connectivity index (χ0n) is 8.91. The topological polar surface area (TPSA) is 78.8 Å². The molecule has 0 bridgehead atoms. The van der Waals surface area contributed by atoms with Gasteiger partial charge in [0.05, 0.1) is 6.61 Å². The van der Waals surface area contributed by atoms with E-state index in [0.29, 0.717) is 6.54 Å². The number of rotatable bonds is 7. The molecule has 0 heterocycles. The summed E-state index contributed by atoms with van der Waals surface area (Å²) in [6, 6.07) is -0.717. The molecule has 0 aromatic rings. The van der Waals surface area contributed by atoms with Crippen molar-refractivity contribution in [2.24, 2.45) is 5.41 Å². The molecule has 0 fully saturated rings. The molecule has 0 radical (unpaired) electrons. The summed E-state index contributed by atoms with van der Waals surface area (Å²) in [6.07, 6.45) is 0. The van der Waals surface area contributed by atoms with Gasteiger partial charge in [-0.1, -0.05) is 13.8 Å². The number of methoxy groups -OCH3 is 1. The van der Waals surface area contributed by atoms with Crippen LogP contribution < -0.4 is 5.32 Å². The maximum absolute atomic E-state index is 10.7. The maximum atomic E-state index is 10.7. The lowest BCUT2D eigenvalue weighted by molar-refractivity contribution is -0.141. The summed E-state index contributed by atoms with van der Waals surface area (Å²) in [7, 11) is 1.45. The number of aliphatic carboxylic acids is 1. The largest absolute Gasteiger partial charge is 0.480 e. The molecule has 0 saturated carbocycles. The Hall–Kier alpha value is -0.650. The van der Waals surface area contributed by atoms with Crippen LogP contribution in [0.15, 0.2) is 0 Å². The van der Waals surface area contributed by atoms with Gasteiger partial charge in [-0.2, -0.15) is 0 Å². The van der Waals surface area contributed by atoms with Crippen LogP contribution in [0.2, 0.25) is 0 Å². The van der Waals surface area contributed by atoms with Crippen molar-refractivity contribution in [2.45, 2.75) is 19.9 Å². The van der Waals surface area contributed by atoms with Crippen molar-refractivity contribution in [1.82, 2.24) is 5.32 Å². The molecular formula is C9H19NO4. The SMILES string of the molecule is COCC(NCC(C)(C)CO)C(=O)O. The molecule has 0 aliphatic carbocycles. The molecule has 14 heavy (non-hydrogen) atoms. The van der Waals surface area contributed by atoms with E-state index in [1.165, 1.54) is 7.11 Å². The van der Waals surface area contributed by atoms with Crippen molar-refractivity contribution in [3.63, 3.8) is 0 Å². The summed E-state index contributed by atoms with van der Waals surface area (Å²) >= 11 is 0. The second-order valence-corrected chi connectivity index (χ2v) is 4.05. The van der Waals surface area contributed by atoms with Gasteiger partial charge < -0.3 is 20.3 Å². The van der Waals surface area contributed by atoms with Gasteiger partial charge in [-0.3, -0.25) is 4.79 Å². The summed E-state index contributed by atoms with van der Waals surface area (Å²) in [4.78, 5) is 10.7. The van der Waals surface area contributed by atoms with Gasteiger partial charge in [0.25, 0.3) is 0 Å². The van der Waals surface area contributed by atoms with Gasteiger partial charge >= 0.3 is 5.97 Å². The average Bonchev–Trinajstić information content (AvgIpc) is 2.12. The number of hydrogen-bond acceptors (Lipinski definition) is 4. The second-order valence-electron chi connectivity index (χ2n) is 4.05. The van der Waals surface area contributed by atoms with Crippen molar-refractivity contribution in [3.8, 4) is 0 Å². The van der Waals surface area contributed by atoms with Crippen LogP contribution in [0.4, 0.5) is 0 Å². The zero-order valence-corrected chi connectivity index (χ0v) is 8.91. The molecule has 1 atom stereocenters. The Balaban J connectivity index is 3.99. The highest BCUT2D eigenvalue weighted by molar-refractivity contribution is 5.73. The fraction of sp³-hybridized carbons (Fsp3) is 0.889. The van der Waals surface area contributed by atoms with Crippen LogP contribution in [0.25, 0.3) is 0 Å². The van der Waals surface area contributed by atoms with Gasteiger partial charge in [0, 0.05) is 25.7 Å². The highest BCUT2D eigenvalue weighted by atomic mass is 16.5. The predicted octanol–water partition coefficient (Wildman–Crippen LogP) is -0.306. The van der Waals surface area contributed by atoms with E-state index in [9.17, 15) is 4.79 Å². The van der Waals surface area contributed by atoms with Crippen LogP contribution in [0.5, 0.6) is 0 Å². The Morgan fingerprint density at radius 1 is 1.57 bits per heavy atom. The number of aliphatic hydroxyl groups excluding tert-OH is 1. The predicted molar refractivity (Wildman–Crippen MR) is 52.2 cm³/mol. The minimum Gasteiger partial charge on any atom is -0.480 e. The quantitative estimate of drug-likeness (QED) is 0.531. The van der Waals surface area contributed by atoms with Gasteiger partial charge in [-0.15, -0.1) is 0 Å². The van der Waals surface area contributed by atoms with Crippen molar-refractivity contribution in [1.29, 1.82) is 0 Å². The van der Waals surface area contributed by atoms with Gasteiger partial charge in [0.15, 0.2) is 0 Å². The van der Waals surface area contributed by atoms with Gasteiger partial charge in [-0.25, -0.2) is 0 Å². The molecular weight excluding hydrogens is 186 g/mol. The molecule has 1 unspecified atom stereocenters. The fourth-order valence-corrected chi connectivity index (χ4v) is 0.840. The van der Waals surface area contributed by atoms with Crippen molar-refractivity contribution in [2.75, 3.05) is 26.9 Å². The summed E-state index contributed by atoms with van der Waals surface area (Å²) < 4.78 is 4.76. The van der Waals surface area contributed by atoms with Crippen LogP contribution >= 0.6 is 0 Å². The fourth-order valence-electron chi connectivity index (χ4n) is 0.840. The number of carboxylic acid groups (broad SMARTS) is 1. The van der Waals surface area contributed by atoms with Crippen LogP contribution in [0.1, 0.15) is 13.8 Å². The van der Waals surface area contributed by atoms with Crippen LogP contribution in [0.3, 0.4) is 0 Å². The Labute approximate surface area is 84.1 Å². The van der Waals surface area contributed by atoms with E-state index in [4.69, 9.17) is 14.9 Å². The molecule has 0 aliphatic heterocycles. The second kappa shape index (κ2) is 5.95. The van der Waals surface area contributed by atoms with Gasteiger partial charge in [0.1, 0.15) is 6.04 Å². The van der Waals surface area contributed by atoms with E-state index in [2.05, 4.69) is 5.32 Å². The Morgan fingerprint density at radius 2 is 2.14 bits per heavy atom. The molecule has 0 aromatic carbocycles. The van der Waals surface area contributed by atoms with Crippen LogP contribution in [-0.4, -0.2) is 49.1 Å². The normalized spacial score (nSPS) is 14.0. The van der Waals surface area contributed by atoms with E-state index in [-0.39, 0.29) is 18.6 Å². The average molecular weight is 205 g/mol. The van der Waals surface area contributed by atoms with E-state index in [0.717, 1.165) is 0 Å². The molecule has 0 saturated heterocycles. The molecule has 0 rings (SSSR count). The number of nitrogens with one attached hydrogen (secondary N) is 1. The first-order valence-electron chi connectivity index (χ1n) is 4.49. The number of aliphatic hydroxyl groups is 1. The summed E-state index contributed by atoms with van der Waals surface area (Å²) in [5.41, 5.74) is -0.318. The lowest BCUT2D eigenvalue weighted by Gasteiger charge is -2.24. The third kappa shape index (κ3) is 5.16. The number of hydrogen-bond donors (Lipinski definition) is 3. The Bertz CT molecular complexity index is 182. The smallest absolute Gasteiger partial charge is 0.323 e. The van der Waals surface area contributed by atoms with Crippen LogP contribution in [0, 0.1) is 5.41 Å². The maximum Gasteiger partial charge on any atom is 0.323 e. The first-order chi connectivity index (χ1) is 6.43. The molecule has 5 nitrogen and oxygen atoms in total. The Morgan fingerprint density at radius 3 is 2.50 bits per heavy atom. The van der Waals surface area contributed by atoms with E-state index >= 15 is 0 Å². The number of carboxylic acids is 1. The lowest BCUT2D eigenvalue weighted by Crippen LogP contribution is -2.45. The molecule has 0 aromatic heterocycles. The van der Waals surface area contributed by atoms with Crippen molar-refractivity contribution < 1.29 is 19.7 Å². The molecule has 84 valence electrons. The van der Waals surface area contributed by atoms with Gasteiger partial charge in [0.2, 0.25) is 0 Å². The monoisotopic (exact) mass is 205 g/mol. The van der Waals surface area contributed by atoms with Crippen molar-refractivity contribution >= 4 is 5.97 Å². The molecule has 3 N–H and O–H groups in total. The zero-order chi connectivity index (χ0) is 11.2. The summed E-state index contributed by atoms with van der Waals surface area (Å²) in [5, 5.41) is 20.6. The van der Waals surface area contributed by atoms with Crippen LogP contribution in [-0.2, 0) is 9.53 Å². The number of ether oxygens (including phenoxy) is 1. The summed E-state index contributed by atoms with van der Waals surface area (Å²) in [6.45, 7) is 4.28. The molecule has 0 amide bonds. The van der Waals surface area contributed by atoms with E-state index in [1.54, 1.807) is 0 Å². The van der Waals surface area contributed by atoms with Gasteiger partial charge in [-0.05, 0) is 0 Å². The minimum absolute atomic E-state index is 0.0132.